The fraction of sp³-hybridized carbons (Fsp3) is 0.533. The number of methoxy groups -OCH3 is 1. The maximum absolute atomic E-state index is 14.2. The number of carbonyl (C=O) groups is 1. The second kappa shape index (κ2) is 7.83. The molecule has 0 aromatic heterocycles. The quantitative estimate of drug-likeness (QED) is 0.596. The van der Waals surface area contributed by atoms with Crippen LogP contribution < -0.4 is 10.6 Å². The molecule has 0 aliphatic rings. The number of carbonyl (C=O) groups excluding carboxylic acids is 1. The summed E-state index contributed by atoms with van der Waals surface area (Å²) in [5.41, 5.74) is 6.10. The summed E-state index contributed by atoms with van der Waals surface area (Å²) >= 11 is 0. The minimum Gasteiger partial charge on any atom is -0.465 e. The number of rotatable bonds is 7. The van der Waals surface area contributed by atoms with Gasteiger partial charge in [-0.25, -0.2) is 9.18 Å². The fourth-order valence-electron chi connectivity index (χ4n) is 2.42. The zero-order valence-electron chi connectivity index (χ0n) is 12.7. The monoisotopic (exact) mass is 298 g/mol. The summed E-state index contributed by atoms with van der Waals surface area (Å²) in [5, 5.41) is 9.23. The van der Waals surface area contributed by atoms with Gasteiger partial charge >= 0.3 is 5.97 Å². The lowest BCUT2D eigenvalue weighted by molar-refractivity contribution is 0.0602. The van der Waals surface area contributed by atoms with Gasteiger partial charge in [0.2, 0.25) is 0 Å². The molecule has 0 atom stereocenters. The Morgan fingerprint density at radius 1 is 1.43 bits per heavy atom. The van der Waals surface area contributed by atoms with Crippen LogP contribution in [0.25, 0.3) is 0 Å². The van der Waals surface area contributed by atoms with Gasteiger partial charge in [-0.15, -0.1) is 0 Å². The van der Waals surface area contributed by atoms with Crippen LogP contribution in [0.1, 0.15) is 37.0 Å². The van der Waals surface area contributed by atoms with Crippen molar-refractivity contribution in [3.63, 3.8) is 0 Å². The number of esters is 1. The second-order valence-corrected chi connectivity index (χ2v) is 4.77. The molecule has 118 valence electrons. The lowest BCUT2D eigenvalue weighted by Crippen LogP contribution is -2.37. The van der Waals surface area contributed by atoms with E-state index in [9.17, 15) is 14.3 Å². The highest BCUT2D eigenvalue weighted by Crippen LogP contribution is 2.28. The molecule has 0 aliphatic carbocycles. The van der Waals surface area contributed by atoms with E-state index in [-0.39, 0.29) is 36.1 Å². The van der Waals surface area contributed by atoms with Crippen LogP contribution in [-0.2, 0) is 4.74 Å². The normalized spacial score (nSPS) is 10.8. The van der Waals surface area contributed by atoms with Gasteiger partial charge in [-0.1, -0.05) is 13.8 Å². The number of ether oxygens (including phenoxy) is 1. The Labute approximate surface area is 124 Å². The van der Waals surface area contributed by atoms with Crippen LogP contribution >= 0.6 is 0 Å². The third-order valence-electron chi connectivity index (χ3n) is 3.56. The first-order chi connectivity index (χ1) is 9.99. The largest absolute Gasteiger partial charge is 0.465 e. The van der Waals surface area contributed by atoms with Crippen molar-refractivity contribution >= 4 is 17.3 Å². The van der Waals surface area contributed by atoms with Crippen molar-refractivity contribution in [2.75, 3.05) is 30.9 Å². The molecule has 6 heteroatoms. The van der Waals surface area contributed by atoms with Crippen molar-refractivity contribution in [1.82, 2.24) is 0 Å². The zero-order valence-corrected chi connectivity index (χ0v) is 12.7. The molecule has 1 aromatic rings. The summed E-state index contributed by atoms with van der Waals surface area (Å²) in [7, 11) is 1.25. The average molecular weight is 298 g/mol. The number of hydrogen-bond acceptors (Lipinski definition) is 5. The Kier molecular flexibility index (Phi) is 6.42. The molecule has 0 radical (unpaired) electrons. The summed E-state index contributed by atoms with van der Waals surface area (Å²) in [6, 6.07) is 2.58. The summed E-state index contributed by atoms with van der Waals surface area (Å²) < 4.78 is 18.9. The molecule has 1 rings (SSSR count). The minimum absolute atomic E-state index is 0.0385. The number of aliphatic hydroxyl groups is 1. The maximum atomic E-state index is 14.2. The molecule has 3 N–H and O–H groups in total. The number of nitrogen functional groups attached to an aromatic ring is 1. The molecule has 0 amide bonds. The van der Waals surface area contributed by atoms with Crippen LogP contribution in [0, 0.1) is 5.82 Å². The number of halogens is 1. The average Bonchev–Trinajstić information content (AvgIpc) is 2.47. The van der Waals surface area contributed by atoms with E-state index in [4.69, 9.17) is 5.73 Å². The predicted molar refractivity (Wildman–Crippen MR) is 81.0 cm³/mol. The van der Waals surface area contributed by atoms with Crippen LogP contribution in [-0.4, -0.2) is 37.4 Å². The van der Waals surface area contributed by atoms with Crippen LogP contribution in [0.2, 0.25) is 0 Å². The Hall–Kier alpha value is -1.82. The molecule has 21 heavy (non-hydrogen) atoms. The molecule has 0 bridgehead atoms. The predicted octanol–water partition coefficient (Wildman–Crippen LogP) is 2.18. The number of nitrogens with zero attached hydrogens (tertiary/aromatic N) is 1. The van der Waals surface area contributed by atoms with Crippen LogP contribution in [0.5, 0.6) is 0 Å². The highest BCUT2D eigenvalue weighted by atomic mass is 19.1. The highest BCUT2D eigenvalue weighted by molar-refractivity contribution is 5.96. The Morgan fingerprint density at radius 3 is 2.52 bits per heavy atom. The van der Waals surface area contributed by atoms with E-state index in [1.165, 1.54) is 13.2 Å². The first-order valence-corrected chi connectivity index (χ1v) is 7.04. The number of benzene rings is 1. The molecule has 0 saturated carbocycles. The summed E-state index contributed by atoms with van der Waals surface area (Å²) in [6.07, 6.45) is 1.60. The van der Waals surface area contributed by atoms with Gasteiger partial charge in [-0.05, 0) is 25.0 Å². The fourth-order valence-corrected chi connectivity index (χ4v) is 2.42. The van der Waals surface area contributed by atoms with Crippen molar-refractivity contribution in [1.29, 1.82) is 0 Å². The smallest absolute Gasteiger partial charge is 0.340 e. The molecule has 0 unspecified atom stereocenters. The number of nitrogens with two attached hydrogens (primary N) is 1. The molecule has 1 aromatic carbocycles. The lowest BCUT2D eigenvalue weighted by atomic mass is 10.1. The van der Waals surface area contributed by atoms with E-state index in [0.29, 0.717) is 0 Å². The molecular formula is C15H23FN2O3. The van der Waals surface area contributed by atoms with Gasteiger partial charge < -0.3 is 20.5 Å². The molecular weight excluding hydrogens is 275 g/mol. The summed E-state index contributed by atoms with van der Waals surface area (Å²) in [5.74, 6) is -1.12. The molecule has 5 nitrogen and oxygen atoms in total. The molecule has 0 aliphatic heterocycles. The summed E-state index contributed by atoms with van der Waals surface area (Å²) in [4.78, 5) is 13.5. The third-order valence-corrected chi connectivity index (χ3v) is 3.56. The topological polar surface area (TPSA) is 75.8 Å². The number of hydrogen-bond donors (Lipinski definition) is 2. The van der Waals surface area contributed by atoms with E-state index in [0.717, 1.165) is 18.9 Å². The highest BCUT2D eigenvalue weighted by Gasteiger charge is 2.22. The molecule has 0 saturated heterocycles. The van der Waals surface area contributed by atoms with Crippen LogP contribution in [0.3, 0.4) is 0 Å². The first kappa shape index (κ1) is 17.2. The maximum Gasteiger partial charge on any atom is 0.340 e. The molecule has 0 fully saturated rings. The van der Waals surface area contributed by atoms with Crippen LogP contribution in [0.15, 0.2) is 12.1 Å². The van der Waals surface area contributed by atoms with Gasteiger partial charge in [-0.3, -0.25) is 0 Å². The third kappa shape index (κ3) is 3.85. The van der Waals surface area contributed by atoms with Gasteiger partial charge in [0.05, 0.1) is 25.0 Å². The molecule has 0 spiro atoms. The van der Waals surface area contributed by atoms with Crippen molar-refractivity contribution in [2.45, 2.75) is 32.7 Å². The Morgan fingerprint density at radius 2 is 2.05 bits per heavy atom. The van der Waals surface area contributed by atoms with Gasteiger partial charge in [0.1, 0.15) is 5.82 Å². The van der Waals surface area contributed by atoms with Crippen LogP contribution in [0.4, 0.5) is 15.8 Å². The van der Waals surface area contributed by atoms with Crippen molar-refractivity contribution in [3.05, 3.63) is 23.5 Å². The van der Waals surface area contributed by atoms with Crippen molar-refractivity contribution in [2.24, 2.45) is 0 Å². The lowest BCUT2D eigenvalue weighted by Gasteiger charge is -2.32. The van der Waals surface area contributed by atoms with Gasteiger partial charge in [0.25, 0.3) is 0 Å². The van der Waals surface area contributed by atoms with E-state index < -0.39 is 11.8 Å². The SMILES string of the molecule is CCC(CC)N(CCO)c1cc(C(=O)OC)c(N)cc1F. The van der Waals surface area contributed by atoms with Gasteiger partial charge in [0, 0.05) is 18.3 Å². The van der Waals surface area contributed by atoms with Crippen molar-refractivity contribution in [3.8, 4) is 0 Å². The Bertz CT molecular complexity index is 490. The minimum atomic E-state index is -0.609. The summed E-state index contributed by atoms with van der Waals surface area (Å²) in [6.45, 7) is 4.17. The van der Waals surface area contributed by atoms with Gasteiger partial charge in [0.15, 0.2) is 0 Å². The number of anilines is 2. The standard InChI is InChI=1S/C15H23FN2O3/c1-4-10(5-2)18(6-7-19)14-8-11(15(20)21-3)13(17)9-12(14)16/h8-10,19H,4-7,17H2,1-3H3. The van der Waals surface area contributed by atoms with E-state index in [2.05, 4.69) is 4.74 Å². The van der Waals surface area contributed by atoms with E-state index in [1.54, 1.807) is 4.90 Å². The second-order valence-electron chi connectivity index (χ2n) is 4.77. The Balaban J connectivity index is 3.33. The van der Waals surface area contributed by atoms with E-state index in [1.807, 2.05) is 13.8 Å². The molecule has 0 heterocycles. The van der Waals surface area contributed by atoms with Gasteiger partial charge in [-0.2, -0.15) is 0 Å². The van der Waals surface area contributed by atoms with E-state index >= 15 is 0 Å². The first-order valence-electron chi connectivity index (χ1n) is 7.04. The van der Waals surface area contributed by atoms with Crippen molar-refractivity contribution < 1.29 is 19.0 Å². The zero-order chi connectivity index (χ0) is 16.0. The number of aliphatic hydroxyl groups excluding tert-OH is 1.